The highest BCUT2D eigenvalue weighted by Crippen LogP contribution is 2.33. The Morgan fingerprint density at radius 2 is 1.60 bits per heavy atom. The third kappa shape index (κ3) is 8.58. The number of aliphatic imine (C=N–C) groups is 1. The highest BCUT2D eigenvalue weighted by atomic mass is 32.2. The lowest BCUT2D eigenvalue weighted by molar-refractivity contribution is -0.136. The Hall–Kier alpha value is -3.84. The van der Waals surface area contributed by atoms with Crippen LogP contribution in [0.2, 0.25) is 0 Å². The van der Waals surface area contributed by atoms with Gasteiger partial charge in [-0.3, -0.25) is 14.5 Å². The van der Waals surface area contributed by atoms with Gasteiger partial charge in [0.1, 0.15) is 5.75 Å². The van der Waals surface area contributed by atoms with Crippen LogP contribution in [-0.2, 0) is 28.9 Å². The zero-order valence-electron chi connectivity index (χ0n) is 23.3. The lowest BCUT2D eigenvalue weighted by Gasteiger charge is -2.08. The van der Waals surface area contributed by atoms with E-state index in [0.717, 1.165) is 37.0 Å². The molecule has 1 saturated heterocycles. The van der Waals surface area contributed by atoms with E-state index in [4.69, 9.17) is 9.84 Å². The average Bonchev–Trinajstić information content (AvgIpc) is 3.18. The molecular weight excluding hydrogens is 520 g/mol. The van der Waals surface area contributed by atoms with Gasteiger partial charge in [-0.2, -0.15) is 0 Å². The van der Waals surface area contributed by atoms with Gasteiger partial charge in [-0.25, -0.2) is 4.99 Å². The predicted octanol–water partition coefficient (Wildman–Crippen LogP) is 7.15. The number of carboxylic acid groups (broad SMARTS) is 1. The maximum absolute atomic E-state index is 12.8. The number of unbranched alkanes of at least 4 members (excludes halogenated alkanes) is 1. The fourth-order valence-corrected chi connectivity index (χ4v) is 5.36. The molecule has 1 N–H and O–H groups in total. The van der Waals surface area contributed by atoms with Crippen LogP contribution in [0.3, 0.4) is 0 Å². The van der Waals surface area contributed by atoms with Crippen molar-refractivity contribution in [2.45, 2.75) is 46.0 Å². The Bertz CT molecular complexity index is 1360. The molecule has 6 nitrogen and oxygen atoms in total. The van der Waals surface area contributed by atoms with Crippen molar-refractivity contribution in [1.82, 2.24) is 4.90 Å². The summed E-state index contributed by atoms with van der Waals surface area (Å²) in [6.45, 7) is 5.16. The van der Waals surface area contributed by atoms with Crippen LogP contribution in [0.15, 0.2) is 82.7 Å². The molecule has 0 bridgehead atoms. The molecule has 4 rings (SSSR count). The van der Waals surface area contributed by atoms with Crippen LogP contribution in [0.4, 0.5) is 5.69 Å². The molecule has 0 atom stereocenters. The summed E-state index contributed by atoms with van der Waals surface area (Å²) < 4.78 is 5.93. The molecule has 1 heterocycles. The number of nitrogens with zero attached hydrogens (tertiary/aromatic N) is 2. The molecular formula is C33H36N2O4S. The summed E-state index contributed by atoms with van der Waals surface area (Å²) in [7, 11) is 1.70. The van der Waals surface area contributed by atoms with E-state index in [1.54, 1.807) is 31.3 Å². The Morgan fingerprint density at radius 3 is 2.25 bits per heavy atom. The fraction of sp³-hybridized carbons (Fsp3) is 0.303. The summed E-state index contributed by atoms with van der Waals surface area (Å²) >= 11 is 1.32. The van der Waals surface area contributed by atoms with Crippen molar-refractivity contribution in [3.8, 4) is 5.75 Å². The number of ether oxygens (including phenoxy) is 1. The number of rotatable bonds is 12. The molecule has 0 saturated carbocycles. The van der Waals surface area contributed by atoms with Gasteiger partial charge in [0.2, 0.25) is 0 Å². The van der Waals surface area contributed by atoms with E-state index in [9.17, 15) is 9.59 Å². The van der Waals surface area contributed by atoms with Gasteiger partial charge in [-0.05, 0) is 96.0 Å². The SMILES string of the molecule is CC(C)Cc1ccc(CCCCOc2ccc(C=C3SC(=Nc4ccc(CC(=O)O)cc4)N(C)C3=O)cc2)cc1. The number of carboxylic acids is 1. The van der Waals surface area contributed by atoms with Crippen molar-refractivity contribution < 1.29 is 19.4 Å². The minimum absolute atomic E-state index is 0.0334. The summed E-state index contributed by atoms with van der Waals surface area (Å²) in [5.74, 6) is 0.507. The number of carbonyl (C=O) groups is 2. The number of aliphatic carboxylic acids is 1. The van der Waals surface area contributed by atoms with Gasteiger partial charge in [0.05, 0.1) is 23.6 Å². The zero-order valence-corrected chi connectivity index (χ0v) is 24.1. The van der Waals surface area contributed by atoms with Crippen molar-refractivity contribution >= 4 is 40.6 Å². The van der Waals surface area contributed by atoms with E-state index in [0.29, 0.717) is 33.8 Å². The van der Waals surface area contributed by atoms with E-state index in [1.165, 1.54) is 27.8 Å². The van der Waals surface area contributed by atoms with Gasteiger partial charge in [0.25, 0.3) is 5.91 Å². The largest absolute Gasteiger partial charge is 0.494 e. The molecule has 1 aliphatic rings. The molecule has 0 radical (unpaired) electrons. The first-order valence-electron chi connectivity index (χ1n) is 13.6. The van der Waals surface area contributed by atoms with E-state index in [2.05, 4.69) is 43.1 Å². The molecule has 1 fully saturated rings. The highest BCUT2D eigenvalue weighted by Gasteiger charge is 2.30. The lowest BCUT2D eigenvalue weighted by Crippen LogP contribution is -2.23. The molecule has 3 aromatic carbocycles. The Morgan fingerprint density at radius 1 is 0.950 bits per heavy atom. The second-order valence-electron chi connectivity index (χ2n) is 10.4. The van der Waals surface area contributed by atoms with Crippen LogP contribution in [0, 0.1) is 5.92 Å². The van der Waals surface area contributed by atoms with Crippen LogP contribution in [0.5, 0.6) is 5.75 Å². The van der Waals surface area contributed by atoms with Gasteiger partial charge in [-0.15, -0.1) is 0 Å². The lowest BCUT2D eigenvalue weighted by atomic mass is 10.0. The van der Waals surface area contributed by atoms with Crippen molar-refractivity contribution in [3.63, 3.8) is 0 Å². The third-order valence-corrected chi connectivity index (χ3v) is 7.55. The monoisotopic (exact) mass is 556 g/mol. The van der Waals surface area contributed by atoms with Gasteiger partial charge in [-0.1, -0.05) is 62.4 Å². The second-order valence-corrected chi connectivity index (χ2v) is 11.4. The van der Waals surface area contributed by atoms with Gasteiger partial charge >= 0.3 is 5.97 Å². The molecule has 1 amide bonds. The van der Waals surface area contributed by atoms with Crippen molar-refractivity contribution in [2.75, 3.05) is 13.7 Å². The fourth-order valence-electron chi connectivity index (χ4n) is 4.37. The van der Waals surface area contributed by atoms with Gasteiger partial charge in [0, 0.05) is 7.05 Å². The molecule has 0 aromatic heterocycles. The highest BCUT2D eigenvalue weighted by molar-refractivity contribution is 8.18. The van der Waals surface area contributed by atoms with E-state index < -0.39 is 5.97 Å². The Labute approximate surface area is 240 Å². The summed E-state index contributed by atoms with van der Waals surface area (Å²) in [6, 6.07) is 23.7. The minimum Gasteiger partial charge on any atom is -0.494 e. The minimum atomic E-state index is -0.876. The standard InChI is InChI=1S/C33H36N2O4S/c1-23(2)20-25-9-7-24(8-10-25)6-4-5-19-39-29-17-13-26(14-18-29)21-30-32(38)35(3)33(40-30)34-28-15-11-27(12-16-28)22-31(36)37/h7-18,21,23H,4-6,19-20,22H2,1-3H3,(H,36,37). The molecule has 0 unspecified atom stereocenters. The molecule has 208 valence electrons. The summed E-state index contributed by atoms with van der Waals surface area (Å²) in [4.78, 5) is 30.3. The summed E-state index contributed by atoms with van der Waals surface area (Å²) in [6.07, 6.45) is 6.07. The second kappa shape index (κ2) is 14.0. The molecule has 0 spiro atoms. The first kappa shape index (κ1) is 29.2. The first-order chi connectivity index (χ1) is 19.3. The van der Waals surface area contributed by atoms with Gasteiger partial charge in [0.15, 0.2) is 5.17 Å². The topological polar surface area (TPSA) is 79.2 Å². The number of benzene rings is 3. The normalized spacial score (nSPS) is 15.4. The number of hydrogen-bond donors (Lipinski definition) is 1. The quantitative estimate of drug-likeness (QED) is 0.189. The average molecular weight is 557 g/mol. The number of carbonyl (C=O) groups excluding carboxylic acids is 1. The maximum atomic E-state index is 12.8. The Balaban J connectivity index is 1.25. The van der Waals surface area contributed by atoms with Crippen molar-refractivity contribution in [2.24, 2.45) is 10.9 Å². The number of likely N-dealkylation sites (N-methyl/N-ethyl adjacent to an activating group) is 1. The summed E-state index contributed by atoms with van der Waals surface area (Å²) in [5.41, 5.74) is 5.06. The first-order valence-corrected chi connectivity index (χ1v) is 14.5. The number of hydrogen-bond acceptors (Lipinski definition) is 5. The van der Waals surface area contributed by atoms with Crippen LogP contribution in [0.25, 0.3) is 6.08 Å². The van der Waals surface area contributed by atoms with Crippen molar-refractivity contribution in [3.05, 3.63) is 100.0 Å². The molecule has 0 aliphatic carbocycles. The van der Waals surface area contributed by atoms with E-state index in [-0.39, 0.29) is 12.3 Å². The summed E-state index contributed by atoms with van der Waals surface area (Å²) in [5, 5.41) is 9.50. The predicted molar refractivity (Wildman–Crippen MR) is 163 cm³/mol. The smallest absolute Gasteiger partial charge is 0.307 e. The van der Waals surface area contributed by atoms with Crippen LogP contribution in [-0.4, -0.2) is 40.7 Å². The zero-order chi connectivity index (χ0) is 28.5. The molecule has 7 heteroatoms. The Kier molecular flexibility index (Phi) is 10.2. The number of amidine groups is 1. The van der Waals surface area contributed by atoms with Crippen LogP contribution < -0.4 is 4.74 Å². The molecule has 40 heavy (non-hydrogen) atoms. The third-order valence-electron chi connectivity index (χ3n) is 6.49. The maximum Gasteiger partial charge on any atom is 0.307 e. The number of thioether (sulfide) groups is 1. The van der Waals surface area contributed by atoms with Crippen LogP contribution >= 0.6 is 11.8 Å². The molecule has 3 aromatic rings. The molecule has 1 aliphatic heterocycles. The number of aryl methyl sites for hydroxylation is 1. The van der Waals surface area contributed by atoms with E-state index >= 15 is 0 Å². The van der Waals surface area contributed by atoms with Crippen LogP contribution in [0.1, 0.15) is 48.9 Å². The van der Waals surface area contributed by atoms with E-state index in [1.807, 2.05) is 30.3 Å². The van der Waals surface area contributed by atoms with Gasteiger partial charge < -0.3 is 9.84 Å². The van der Waals surface area contributed by atoms with Crippen molar-refractivity contribution in [1.29, 1.82) is 0 Å². The number of amides is 1.